The van der Waals surface area contributed by atoms with E-state index in [1.807, 2.05) is 0 Å². The molecule has 1 amide bonds. The standard InChI is InChI=1S/C18H24Cl2N2O2/c19-15-2-1-3-16(20)14(15)10-17(24)22-18(12-8-13(23)9-12)11-4-6-21-7-5-11/h1-3,11-13,18,21,23H,4-10H2,(H,22,24)/t12?,13?,18-/m1/s1. The van der Waals surface area contributed by atoms with Gasteiger partial charge in [0.25, 0.3) is 0 Å². The lowest BCUT2D eigenvalue weighted by Gasteiger charge is -2.43. The number of rotatable bonds is 5. The van der Waals surface area contributed by atoms with Crippen molar-refractivity contribution >= 4 is 29.1 Å². The number of aliphatic hydroxyl groups is 1. The van der Waals surface area contributed by atoms with E-state index in [1.165, 1.54) is 0 Å². The SMILES string of the molecule is O=C(Cc1c(Cl)cccc1Cl)N[C@H](C1CCNCC1)C1CC(O)C1. The first-order chi connectivity index (χ1) is 11.5. The van der Waals surface area contributed by atoms with Crippen LogP contribution in [-0.2, 0) is 11.2 Å². The van der Waals surface area contributed by atoms with Crippen molar-refractivity contribution in [2.75, 3.05) is 13.1 Å². The second kappa shape index (κ2) is 8.05. The van der Waals surface area contributed by atoms with Crippen LogP contribution in [0.1, 0.15) is 31.2 Å². The van der Waals surface area contributed by atoms with E-state index in [0.717, 1.165) is 38.8 Å². The number of hydrogen-bond donors (Lipinski definition) is 3. The molecule has 1 aromatic rings. The minimum atomic E-state index is -0.214. The Morgan fingerprint density at radius 1 is 1.21 bits per heavy atom. The van der Waals surface area contributed by atoms with E-state index in [1.54, 1.807) is 18.2 Å². The number of piperidine rings is 1. The highest BCUT2D eigenvalue weighted by atomic mass is 35.5. The van der Waals surface area contributed by atoms with Crippen LogP contribution in [0.3, 0.4) is 0 Å². The van der Waals surface area contributed by atoms with E-state index in [9.17, 15) is 9.90 Å². The number of amides is 1. The van der Waals surface area contributed by atoms with Crippen molar-refractivity contribution in [2.45, 2.75) is 44.2 Å². The number of carbonyl (C=O) groups is 1. The molecule has 3 rings (SSSR count). The van der Waals surface area contributed by atoms with Crippen molar-refractivity contribution in [2.24, 2.45) is 11.8 Å². The number of aliphatic hydroxyl groups excluding tert-OH is 1. The Balaban J connectivity index is 1.66. The van der Waals surface area contributed by atoms with Gasteiger partial charge in [0.05, 0.1) is 12.5 Å². The van der Waals surface area contributed by atoms with Gasteiger partial charge in [0, 0.05) is 16.1 Å². The second-order valence-corrected chi connectivity index (χ2v) is 7.76. The van der Waals surface area contributed by atoms with Crippen molar-refractivity contribution in [3.05, 3.63) is 33.8 Å². The van der Waals surface area contributed by atoms with Gasteiger partial charge in [-0.2, -0.15) is 0 Å². The van der Waals surface area contributed by atoms with Crippen molar-refractivity contribution in [3.63, 3.8) is 0 Å². The van der Waals surface area contributed by atoms with Crippen molar-refractivity contribution < 1.29 is 9.90 Å². The van der Waals surface area contributed by atoms with Crippen LogP contribution in [0, 0.1) is 11.8 Å². The van der Waals surface area contributed by atoms with Gasteiger partial charge in [-0.15, -0.1) is 0 Å². The van der Waals surface area contributed by atoms with Crippen LogP contribution in [0.2, 0.25) is 10.0 Å². The summed E-state index contributed by atoms with van der Waals surface area (Å²) in [5.41, 5.74) is 0.677. The number of carbonyl (C=O) groups excluding carboxylic acids is 1. The first-order valence-electron chi connectivity index (χ1n) is 8.65. The summed E-state index contributed by atoms with van der Waals surface area (Å²) in [6, 6.07) is 5.41. The first-order valence-corrected chi connectivity index (χ1v) is 9.41. The summed E-state index contributed by atoms with van der Waals surface area (Å²) in [7, 11) is 0. The zero-order chi connectivity index (χ0) is 17.1. The van der Waals surface area contributed by atoms with Gasteiger partial charge in [-0.05, 0) is 68.3 Å². The number of halogens is 2. The largest absolute Gasteiger partial charge is 0.393 e. The Hall–Kier alpha value is -0.810. The molecule has 6 heteroatoms. The van der Waals surface area contributed by atoms with Gasteiger partial charge in [-0.1, -0.05) is 29.3 Å². The van der Waals surface area contributed by atoms with Crippen LogP contribution in [0.15, 0.2) is 18.2 Å². The first kappa shape index (κ1) is 18.0. The van der Waals surface area contributed by atoms with E-state index in [-0.39, 0.29) is 24.5 Å². The maximum Gasteiger partial charge on any atom is 0.224 e. The summed E-state index contributed by atoms with van der Waals surface area (Å²) in [6.07, 6.45) is 3.65. The lowest BCUT2D eigenvalue weighted by Crippen LogP contribution is -2.53. The third-order valence-electron chi connectivity index (χ3n) is 5.28. The monoisotopic (exact) mass is 370 g/mol. The molecule has 1 atom stereocenters. The molecule has 0 radical (unpaired) electrons. The van der Waals surface area contributed by atoms with E-state index in [4.69, 9.17) is 23.2 Å². The lowest BCUT2D eigenvalue weighted by atomic mass is 9.71. The highest BCUT2D eigenvalue weighted by Crippen LogP contribution is 2.36. The minimum Gasteiger partial charge on any atom is -0.393 e. The highest BCUT2D eigenvalue weighted by molar-refractivity contribution is 6.36. The van der Waals surface area contributed by atoms with Crippen LogP contribution >= 0.6 is 23.2 Å². The third kappa shape index (κ3) is 4.23. The summed E-state index contributed by atoms with van der Waals surface area (Å²) in [6.45, 7) is 1.98. The zero-order valence-electron chi connectivity index (χ0n) is 13.6. The fourth-order valence-electron chi connectivity index (χ4n) is 3.85. The fraction of sp³-hybridized carbons (Fsp3) is 0.611. The fourth-order valence-corrected chi connectivity index (χ4v) is 4.38. The van der Waals surface area contributed by atoms with Crippen LogP contribution in [0.4, 0.5) is 0 Å². The maximum atomic E-state index is 12.6. The van der Waals surface area contributed by atoms with Gasteiger partial charge in [0.2, 0.25) is 5.91 Å². The Morgan fingerprint density at radius 2 is 1.83 bits per heavy atom. The van der Waals surface area contributed by atoms with Gasteiger partial charge >= 0.3 is 0 Å². The molecule has 2 aliphatic rings. The molecular formula is C18H24Cl2N2O2. The van der Waals surface area contributed by atoms with E-state index in [2.05, 4.69) is 10.6 Å². The Kier molecular flexibility index (Phi) is 6.03. The number of hydrogen-bond acceptors (Lipinski definition) is 3. The Labute approximate surface area is 152 Å². The molecule has 0 unspecified atom stereocenters. The molecule has 1 heterocycles. The molecule has 132 valence electrons. The van der Waals surface area contributed by atoms with Gasteiger partial charge in [0.1, 0.15) is 0 Å². The van der Waals surface area contributed by atoms with Gasteiger partial charge in [0.15, 0.2) is 0 Å². The summed E-state index contributed by atoms with van der Waals surface area (Å²) >= 11 is 12.3. The predicted molar refractivity (Wildman–Crippen MR) is 96.4 cm³/mol. The van der Waals surface area contributed by atoms with Crippen LogP contribution < -0.4 is 10.6 Å². The average Bonchev–Trinajstić information content (AvgIpc) is 2.54. The summed E-state index contributed by atoms with van der Waals surface area (Å²) in [4.78, 5) is 12.6. The predicted octanol–water partition coefficient (Wildman–Crippen LogP) is 2.79. The molecule has 3 N–H and O–H groups in total. The van der Waals surface area contributed by atoms with Gasteiger partial charge < -0.3 is 15.7 Å². The highest BCUT2D eigenvalue weighted by Gasteiger charge is 2.39. The van der Waals surface area contributed by atoms with Gasteiger partial charge in [-0.25, -0.2) is 0 Å². The molecule has 4 nitrogen and oxygen atoms in total. The smallest absolute Gasteiger partial charge is 0.224 e. The van der Waals surface area contributed by atoms with Crippen molar-refractivity contribution in [3.8, 4) is 0 Å². The normalized spacial score (nSPS) is 25.8. The average molecular weight is 371 g/mol. The molecule has 2 fully saturated rings. The molecule has 24 heavy (non-hydrogen) atoms. The molecule has 1 saturated heterocycles. The Bertz CT molecular complexity index is 564. The molecule has 0 bridgehead atoms. The van der Waals surface area contributed by atoms with Crippen molar-refractivity contribution in [1.29, 1.82) is 0 Å². The molecule has 1 aromatic carbocycles. The Morgan fingerprint density at radius 3 is 2.42 bits per heavy atom. The van der Waals surface area contributed by atoms with Crippen LogP contribution in [0.25, 0.3) is 0 Å². The topological polar surface area (TPSA) is 61.4 Å². The summed E-state index contributed by atoms with van der Waals surface area (Å²) in [5, 5.41) is 17.3. The number of nitrogens with one attached hydrogen (secondary N) is 2. The van der Waals surface area contributed by atoms with E-state index >= 15 is 0 Å². The molecule has 0 aromatic heterocycles. The van der Waals surface area contributed by atoms with Crippen molar-refractivity contribution in [1.82, 2.24) is 10.6 Å². The van der Waals surface area contributed by atoms with E-state index in [0.29, 0.717) is 27.4 Å². The minimum absolute atomic E-state index is 0.0464. The number of benzene rings is 1. The molecule has 1 aliphatic carbocycles. The molecule has 1 saturated carbocycles. The lowest BCUT2D eigenvalue weighted by molar-refractivity contribution is -0.123. The van der Waals surface area contributed by atoms with E-state index < -0.39 is 0 Å². The van der Waals surface area contributed by atoms with Crippen LogP contribution in [0.5, 0.6) is 0 Å². The molecular weight excluding hydrogens is 347 g/mol. The maximum absolute atomic E-state index is 12.6. The van der Waals surface area contributed by atoms with Gasteiger partial charge in [-0.3, -0.25) is 4.79 Å². The van der Waals surface area contributed by atoms with Crippen LogP contribution in [-0.4, -0.2) is 36.2 Å². The molecule has 1 aliphatic heterocycles. The third-order valence-corrected chi connectivity index (χ3v) is 5.98. The quantitative estimate of drug-likeness (QED) is 0.746. The summed E-state index contributed by atoms with van der Waals surface area (Å²) in [5.74, 6) is 0.790. The summed E-state index contributed by atoms with van der Waals surface area (Å²) < 4.78 is 0. The molecule has 0 spiro atoms. The zero-order valence-corrected chi connectivity index (χ0v) is 15.1. The second-order valence-electron chi connectivity index (χ2n) is 6.94.